The van der Waals surface area contributed by atoms with Gasteiger partial charge in [-0.05, 0) is 55.2 Å². The van der Waals surface area contributed by atoms with Gasteiger partial charge in [-0.25, -0.2) is 0 Å². The molecule has 0 saturated carbocycles. The number of amides is 2. The Morgan fingerprint density at radius 2 is 1.67 bits per heavy atom. The molecule has 0 bridgehead atoms. The van der Waals surface area contributed by atoms with Gasteiger partial charge in [-0.2, -0.15) is 8.42 Å². The molecule has 0 radical (unpaired) electrons. The van der Waals surface area contributed by atoms with Crippen LogP contribution in [0.15, 0.2) is 84.5 Å². The molecule has 1 unspecified atom stereocenters. The minimum Gasteiger partial charge on any atom is -0.351 e. The van der Waals surface area contributed by atoms with E-state index in [0.717, 1.165) is 16.6 Å². The highest BCUT2D eigenvalue weighted by atomic mass is 32.2. The molecule has 0 aliphatic carbocycles. The Morgan fingerprint density at radius 1 is 1.03 bits per heavy atom. The van der Waals surface area contributed by atoms with Crippen molar-refractivity contribution in [3.8, 4) is 0 Å². The minimum atomic E-state index is -4.15. The molecule has 190 valence electrons. The van der Waals surface area contributed by atoms with Gasteiger partial charge in [-0.1, -0.05) is 67.0 Å². The lowest BCUT2D eigenvalue weighted by molar-refractivity contribution is -0.119. The van der Waals surface area contributed by atoms with E-state index >= 15 is 0 Å². The van der Waals surface area contributed by atoms with E-state index in [1.54, 1.807) is 24.3 Å². The molecule has 3 N–H and O–H groups in total. The van der Waals surface area contributed by atoms with E-state index in [0.29, 0.717) is 11.3 Å². The molecule has 2 aromatic rings. The summed E-state index contributed by atoms with van der Waals surface area (Å²) in [6.07, 6.45) is 9.54. The highest BCUT2D eigenvalue weighted by Crippen LogP contribution is 2.32. The Kier molecular flexibility index (Phi) is 10.9. The van der Waals surface area contributed by atoms with Gasteiger partial charge >= 0.3 is 0 Å². The van der Waals surface area contributed by atoms with E-state index < -0.39 is 27.7 Å². The van der Waals surface area contributed by atoms with Gasteiger partial charge in [0.15, 0.2) is 0 Å². The normalized spacial score (nSPS) is 14.1. The molecule has 36 heavy (non-hydrogen) atoms. The van der Waals surface area contributed by atoms with Crippen molar-refractivity contribution >= 4 is 40.9 Å². The van der Waals surface area contributed by atoms with Gasteiger partial charge in [-0.15, -0.1) is 0 Å². The smallest absolute Gasteiger partial charge is 0.266 e. The lowest BCUT2D eigenvalue weighted by Gasteiger charge is -2.25. The third kappa shape index (κ3) is 8.98. The number of rotatable bonds is 11. The number of hydrogen-bond donors (Lipinski definition) is 3. The van der Waals surface area contributed by atoms with Crippen molar-refractivity contribution in [2.45, 2.75) is 26.7 Å². The molecule has 0 fully saturated rings. The quantitative estimate of drug-likeness (QED) is 0.246. The van der Waals surface area contributed by atoms with Crippen molar-refractivity contribution in [2.75, 3.05) is 17.6 Å². The standard InChI is InChI=1S/C27H33BN2O5S/c1-4-6-8-21(7-5-2)25(27(32)30-24-15-13-23(28)14-16-24)19(3)20-9-11-22(12-10-20)26(31)29-17-18-36(33,34)35/h4-16,19,25H,17-18,28H2,1-3H3,(H,29,31)(H,30,32)(H,33,34,35)/b6-4-,7-5-,21-8+/t19?,25-/m1/s1. The van der Waals surface area contributed by atoms with E-state index in [1.807, 2.05) is 83.3 Å². The maximum atomic E-state index is 13.5. The third-order valence-corrected chi connectivity index (χ3v) is 6.37. The SMILES string of the molecule is Bc1ccc(NC(=O)[C@@H](C(/C=C\C)=C/C=C\C)C(C)c2ccc(C(=O)NCCS(=O)(=O)O)cc2)cc1. The van der Waals surface area contributed by atoms with E-state index in [9.17, 15) is 18.0 Å². The molecule has 2 rings (SSSR count). The average Bonchev–Trinajstić information content (AvgIpc) is 2.83. The van der Waals surface area contributed by atoms with Crippen molar-refractivity contribution in [1.29, 1.82) is 0 Å². The molecular weight excluding hydrogens is 475 g/mol. The molecule has 0 aromatic heterocycles. The lowest BCUT2D eigenvalue weighted by Crippen LogP contribution is -2.29. The number of nitrogens with one attached hydrogen (secondary N) is 2. The Labute approximate surface area is 214 Å². The third-order valence-electron chi connectivity index (χ3n) is 5.65. The number of hydrogen-bond acceptors (Lipinski definition) is 4. The monoisotopic (exact) mass is 508 g/mol. The zero-order valence-electron chi connectivity index (χ0n) is 21.1. The number of allylic oxidation sites excluding steroid dienone is 5. The van der Waals surface area contributed by atoms with Crippen LogP contribution in [-0.4, -0.2) is 44.9 Å². The number of anilines is 1. The van der Waals surface area contributed by atoms with Gasteiger partial charge in [0.2, 0.25) is 5.91 Å². The fourth-order valence-corrected chi connectivity index (χ4v) is 4.07. The molecule has 0 saturated heterocycles. The first-order valence-corrected chi connectivity index (χ1v) is 13.3. The van der Waals surface area contributed by atoms with Crippen LogP contribution in [0.5, 0.6) is 0 Å². The largest absolute Gasteiger partial charge is 0.351 e. The Balaban J connectivity index is 2.31. The summed E-state index contributed by atoms with van der Waals surface area (Å²) in [4.78, 5) is 25.8. The van der Waals surface area contributed by atoms with Crippen LogP contribution in [0.4, 0.5) is 5.69 Å². The van der Waals surface area contributed by atoms with Crippen molar-refractivity contribution in [1.82, 2.24) is 5.32 Å². The second kappa shape index (κ2) is 13.6. The van der Waals surface area contributed by atoms with Crippen molar-refractivity contribution in [3.05, 3.63) is 95.6 Å². The van der Waals surface area contributed by atoms with Gasteiger partial charge in [0.1, 0.15) is 7.85 Å². The second-order valence-corrected chi connectivity index (χ2v) is 10.1. The van der Waals surface area contributed by atoms with Crippen LogP contribution >= 0.6 is 0 Å². The van der Waals surface area contributed by atoms with E-state index in [1.165, 1.54) is 0 Å². The molecule has 7 nitrogen and oxygen atoms in total. The van der Waals surface area contributed by atoms with Crippen molar-refractivity contribution < 1.29 is 22.6 Å². The lowest BCUT2D eigenvalue weighted by atomic mass is 9.81. The summed E-state index contributed by atoms with van der Waals surface area (Å²) in [6, 6.07) is 14.5. The summed E-state index contributed by atoms with van der Waals surface area (Å²) in [7, 11) is -2.17. The molecule has 2 amide bonds. The summed E-state index contributed by atoms with van der Waals surface area (Å²) in [6.45, 7) is 5.58. The predicted octanol–water partition coefficient (Wildman–Crippen LogP) is 3.00. The molecule has 9 heteroatoms. The first-order chi connectivity index (χ1) is 17.1. The summed E-state index contributed by atoms with van der Waals surface area (Å²) in [5.74, 6) is -1.88. The van der Waals surface area contributed by atoms with Gasteiger partial charge < -0.3 is 10.6 Å². The van der Waals surface area contributed by atoms with E-state index in [2.05, 4.69) is 10.6 Å². The zero-order valence-corrected chi connectivity index (χ0v) is 21.9. The van der Waals surface area contributed by atoms with Crippen LogP contribution < -0.4 is 16.1 Å². The fourth-order valence-electron chi connectivity index (χ4n) is 3.71. The maximum absolute atomic E-state index is 13.5. The minimum absolute atomic E-state index is 0.146. The maximum Gasteiger partial charge on any atom is 0.266 e. The average molecular weight is 508 g/mol. The van der Waals surface area contributed by atoms with Crippen LogP contribution in [-0.2, 0) is 14.9 Å². The van der Waals surface area contributed by atoms with Crippen LogP contribution in [0, 0.1) is 5.92 Å². The second-order valence-electron chi connectivity index (χ2n) is 8.48. The Hall–Kier alpha value is -3.43. The summed E-state index contributed by atoms with van der Waals surface area (Å²) in [5, 5.41) is 5.50. The Bertz CT molecular complexity index is 1230. The van der Waals surface area contributed by atoms with E-state index in [4.69, 9.17) is 4.55 Å². The fraction of sp³-hybridized carbons (Fsp3) is 0.259. The van der Waals surface area contributed by atoms with E-state index in [-0.39, 0.29) is 18.4 Å². The van der Waals surface area contributed by atoms with Gasteiger partial charge in [0, 0.05) is 17.8 Å². The first-order valence-electron chi connectivity index (χ1n) is 11.7. The number of benzene rings is 2. The topological polar surface area (TPSA) is 113 Å². The molecule has 0 aliphatic heterocycles. The van der Waals surface area contributed by atoms with Crippen LogP contribution in [0.2, 0.25) is 0 Å². The predicted molar refractivity (Wildman–Crippen MR) is 148 cm³/mol. The summed E-state index contributed by atoms with van der Waals surface area (Å²) >= 11 is 0. The molecule has 0 heterocycles. The van der Waals surface area contributed by atoms with Gasteiger partial charge in [-0.3, -0.25) is 14.1 Å². The first kappa shape index (κ1) is 28.8. The van der Waals surface area contributed by atoms with Crippen molar-refractivity contribution in [2.24, 2.45) is 5.92 Å². The number of carbonyl (C=O) groups is 2. The van der Waals surface area contributed by atoms with Crippen LogP contribution in [0.3, 0.4) is 0 Å². The zero-order chi connectivity index (χ0) is 26.7. The highest BCUT2D eigenvalue weighted by Gasteiger charge is 2.29. The Morgan fingerprint density at radius 3 is 2.22 bits per heavy atom. The van der Waals surface area contributed by atoms with Crippen LogP contribution in [0.1, 0.15) is 42.6 Å². The van der Waals surface area contributed by atoms with Crippen molar-refractivity contribution in [3.63, 3.8) is 0 Å². The number of carbonyl (C=O) groups excluding carboxylic acids is 2. The highest BCUT2D eigenvalue weighted by molar-refractivity contribution is 7.85. The molecule has 0 aliphatic rings. The van der Waals surface area contributed by atoms with Gasteiger partial charge in [0.25, 0.3) is 16.0 Å². The summed E-state index contributed by atoms with van der Waals surface area (Å²) in [5.41, 5.74) is 3.87. The molecule has 0 spiro atoms. The van der Waals surface area contributed by atoms with Gasteiger partial charge in [0.05, 0.1) is 11.7 Å². The van der Waals surface area contributed by atoms with Crippen LogP contribution in [0.25, 0.3) is 0 Å². The summed E-state index contributed by atoms with van der Waals surface area (Å²) < 4.78 is 30.5. The molecular formula is C27H33BN2O5S. The molecule has 2 atom stereocenters. The molecule has 2 aromatic carbocycles.